The molecule has 3 aromatic rings. The summed E-state index contributed by atoms with van der Waals surface area (Å²) in [5.41, 5.74) is 3.56. The van der Waals surface area contributed by atoms with Crippen molar-refractivity contribution in [3.8, 4) is 11.3 Å². The number of quaternary nitrogens is 1. The normalized spacial score (nSPS) is 14.4. The largest absolute Gasteiger partial charge is 0.360 e. The molecule has 2 aromatic carbocycles. The minimum atomic E-state index is -0.258. The highest BCUT2D eigenvalue weighted by atomic mass is 35.5. The van der Waals surface area contributed by atoms with Gasteiger partial charge in [-0.3, -0.25) is 4.79 Å². The molecule has 144 valence electrons. The minimum Gasteiger partial charge on any atom is -0.360 e. The van der Waals surface area contributed by atoms with E-state index in [4.69, 9.17) is 16.1 Å². The average Bonchev–Trinajstić information content (AvgIpc) is 3.33. The second-order valence-electron chi connectivity index (χ2n) is 7.23. The average molecular weight is 397 g/mol. The lowest BCUT2D eigenvalue weighted by Gasteiger charge is -2.12. The zero-order valence-corrected chi connectivity index (χ0v) is 16.6. The summed E-state index contributed by atoms with van der Waals surface area (Å²) < 4.78 is 5.29. The molecule has 2 heterocycles. The van der Waals surface area contributed by atoms with Gasteiger partial charge < -0.3 is 14.7 Å². The van der Waals surface area contributed by atoms with Crippen molar-refractivity contribution in [2.24, 2.45) is 0 Å². The summed E-state index contributed by atoms with van der Waals surface area (Å²) in [6.07, 6.45) is 2.63. The third kappa shape index (κ3) is 3.96. The van der Waals surface area contributed by atoms with Crippen LogP contribution < -0.4 is 10.2 Å². The van der Waals surface area contributed by atoms with Gasteiger partial charge in [0.2, 0.25) is 0 Å². The van der Waals surface area contributed by atoms with Crippen LogP contribution in [0, 0.1) is 6.92 Å². The second-order valence-corrected chi connectivity index (χ2v) is 7.63. The molecule has 1 aromatic heterocycles. The molecule has 0 bridgehead atoms. The van der Waals surface area contributed by atoms with Crippen LogP contribution in [0.25, 0.3) is 11.3 Å². The van der Waals surface area contributed by atoms with Gasteiger partial charge in [0.25, 0.3) is 5.91 Å². The van der Waals surface area contributed by atoms with E-state index in [2.05, 4.69) is 22.6 Å². The number of hydrogen-bond acceptors (Lipinski definition) is 3. The van der Waals surface area contributed by atoms with E-state index >= 15 is 0 Å². The van der Waals surface area contributed by atoms with Gasteiger partial charge in [0, 0.05) is 29.7 Å². The molecule has 28 heavy (non-hydrogen) atoms. The Morgan fingerprint density at radius 2 is 1.86 bits per heavy atom. The fourth-order valence-electron chi connectivity index (χ4n) is 3.72. The van der Waals surface area contributed by atoms with Crippen molar-refractivity contribution in [3.05, 3.63) is 70.4 Å². The molecule has 0 aliphatic carbocycles. The minimum absolute atomic E-state index is 0.258. The van der Waals surface area contributed by atoms with Gasteiger partial charge in [-0.05, 0) is 25.1 Å². The number of anilines is 1. The number of aryl methyl sites for hydroxylation is 1. The van der Waals surface area contributed by atoms with Crippen LogP contribution in [0.2, 0.25) is 5.02 Å². The fraction of sp³-hybridized carbons (Fsp3) is 0.273. The van der Waals surface area contributed by atoms with Crippen LogP contribution >= 0.6 is 11.6 Å². The molecule has 0 saturated carbocycles. The topological polar surface area (TPSA) is 59.6 Å². The zero-order valence-electron chi connectivity index (χ0n) is 15.8. The summed E-state index contributed by atoms with van der Waals surface area (Å²) >= 11 is 6.28. The highest BCUT2D eigenvalue weighted by Crippen LogP contribution is 2.31. The molecule has 0 radical (unpaired) electrons. The van der Waals surface area contributed by atoms with E-state index in [1.54, 1.807) is 17.9 Å². The monoisotopic (exact) mass is 396 g/mol. The maximum absolute atomic E-state index is 12.9. The fourth-order valence-corrected chi connectivity index (χ4v) is 3.94. The first-order chi connectivity index (χ1) is 13.6. The third-order valence-corrected chi connectivity index (χ3v) is 5.52. The summed E-state index contributed by atoms with van der Waals surface area (Å²) in [6.45, 7) is 5.26. The second kappa shape index (κ2) is 8.17. The SMILES string of the molecule is Cc1onc(-c2ccccc2Cl)c1C(=O)Nc1ccc(C[NH+]2CCCC2)cc1. The molecule has 4 rings (SSSR count). The van der Waals surface area contributed by atoms with E-state index < -0.39 is 0 Å². The maximum atomic E-state index is 12.9. The van der Waals surface area contributed by atoms with Gasteiger partial charge >= 0.3 is 0 Å². The summed E-state index contributed by atoms with van der Waals surface area (Å²) in [5.74, 6) is 0.202. The first-order valence-corrected chi connectivity index (χ1v) is 9.94. The molecule has 1 aliphatic heterocycles. The Hall–Kier alpha value is -2.63. The molecular formula is C22H23ClN3O2+. The van der Waals surface area contributed by atoms with Gasteiger partial charge in [-0.1, -0.05) is 47.1 Å². The molecule has 1 saturated heterocycles. The Labute approximate surface area is 169 Å². The van der Waals surface area contributed by atoms with Crippen molar-refractivity contribution < 1.29 is 14.2 Å². The van der Waals surface area contributed by atoms with Gasteiger partial charge in [-0.2, -0.15) is 0 Å². The lowest BCUT2D eigenvalue weighted by atomic mass is 10.1. The van der Waals surface area contributed by atoms with E-state index in [1.165, 1.54) is 31.5 Å². The van der Waals surface area contributed by atoms with E-state index in [0.717, 1.165) is 12.2 Å². The highest BCUT2D eigenvalue weighted by Gasteiger charge is 2.23. The smallest absolute Gasteiger partial charge is 0.261 e. The zero-order chi connectivity index (χ0) is 19.5. The lowest BCUT2D eigenvalue weighted by molar-refractivity contribution is -0.901. The Morgan fingerprint density at radius 3 is 2.57 bits per heavy atom. The number of likely N-dealkylation sites (tertiary alicyclic amines) is 1. The van der Waals surface area contributed by atoms with Crippen molar-refractivity contribution in [2.75, 3.05) is 18.4 Å². The number of halogens is 1. The van der Waals surface area contributed by atoms with Crippen molar-refractivity contribution in [2.45, 2.75) is 26.3 Å². The van der Waals surface area contributed by atoms with Crippen molar-refractivity contribution in [1.82, 2.24) is 5.16 Å². The van der Waals surface area contributed by atoms with Crippen LogP contribution in [-0.2, 0) is 6.54 Å². The predicted octanol–water partition coefficient (Wildman–Crippen LogP) is 3.73. The molecule has 2 N–H and O–H groups in total. The lowest BCUT2D eigenvalue weighted by Crippen LogP contribution is -3.08. The van der Waals surface area contributed by atoms with Crippen molar-refractivity contribution >= 4 is 23.2 Å². The molecule has 0 atom stereocenters. The molecular weight excluding hydrogens is 374 g/mol. The van der Waals surface area contributed by atoms with E-state index in [9.17, 15) is 4.79 Å². The molecule has 0 unspecified atom stereocenters. The number of nitrogens with zero attached hydrogens (tertiary/aromatic N) is 1. The Bertz CT molecular complexity index is 976. The molecule has 1 fully saturated rings. The highest BCUT2D eigenvalue weighted by molar-refractivity contribution is 6.33. The maximum Gasteiger partial charge on any atom is 0.261 e. The summed E-state index contributed by atoms with van der Waals surface area (Å²) in [4.78, 5) is 14.5. The van der Waals surface area contributed by atoms with Crippen LogP contribution in [0.15, 0.2) is 53.1 Å². The number of nitrogens with one attached hydrogen (secondary N) is 2. The van der Waals surface area contributed by atoms with Crippen LogP contribution in [0.3, 0.4) is 0 Å². The van der Waals surface area contributed by atoms with Crippen LogP contribution in [0.4, 0.5) is 5.69 Å². The van der Waals surface area contributed by atoms with Crippen molar-refractivity contribution in [1.29, 1.82) is 0 Å². The number of carbonyl (C=O) groups is 1. The number of benzene rings is 2. The van der Waals surface area contributed by atoms with Crippen LogP contribution in [0.1, 0.15) is 34.5 Å². The Morgan fingerprint density at radius 1 is 1.14 bits per heavy atom. The predicted molar refractivity (Wildman–Crippen MR) is 110 cm³/mol. The number of rotatable bonds is 5. The van der Waals surface area contributed by atoms with Crippen LogP contribution in [-0.4, -0.2) is 24.2 Å². The Kier molecular flexibility index (Phi) is 5.46. The first kappa shape index (κ1) is 18.7. The van der Waals surface area contributed by atoms with Crippen LogP contribution in [0.5, 0.6) is 0 Å². The number of hydrogen-bond donors (Lipinski definition) is 2. The van der Waals surface area contributed by atoms with E-state index in [1.807, 2.05) is 30.3 Å². The summed E-state index contributed by atoms with van der Waals surface area (Å²) in [5, 5.41) is 7.53. The third-order valence-electron chi connectivity index (χ3n) is 5.20. The summed E-state index contributed by atoms with van der Waals surface area (Å²) in [6, 6.07) is 15.3. The quantitative estimate of drug-likeness (QED) is 0.690. The Balaban J connectivity index is 1.51. The molecule has 1 amide bonds. The standard InChI is InChI=1S/C22H22ClN3O2/c1-15-20(21(25-28-15)18-6-2-3-7-19(18)23)22(27)24-17-10-8-16(9-11-17)14-26-12-4-5-13-26/h2-3,6-11H,4-5,12-14H2,1H3,(H,24,27)/p+1. The van der Waals surface area contributed by atoms with Gasteiger partial charge in [0.15, 0.2) is 0 Å². The molecule has 1 aliphatic rings. The number of amides is 1. The first-order valence-electron chi connectivity index (χ1n) is 9.57. The molecule has 0 spiro atoms. The molecule has 6 heteroatoms. The van der Waals surface area contributed by atoms with Gasteiger partial charge in [-0.25, -0.2) is 0 Å². The van der Waals surface area contributed by atoms with Gasteiger partial charge in [0.1, 0.15) is 23.6 Å². The molecule has 5 nitrogen and oxygen atoms in total. The van der Waals surface area contributed by atoms with Gasteiger partial charge in [0.05, 0.1) is 18.1 Å². The number of aromatic nitrogens is 1. The van der Waals surface area contributed by atoms with Crippen molar-refractivity contribution in [3.63, 3.8) is 0 Å². The van der Waals surface area contributed by atoms with E-state index in [-0.39, 0.29) is 5.91 Å². The van der Waals surface area contributed by atoms with E-state index in [0.29, 0.717) is 27.6 Å². The summed E-state index contributed by atoms with van der Waals surface area (Å²) in [7, 11) is 0. The van der Waals surface area contributed by atoms with Gasteiger partial charge in [-0.15, -0.1) is 0 Å². The number of carbonyl (C=O) groups excluding carboxylic acids is 1.